The zero-order valence-corrected chi connectivity index (χ0v) is 18.8. The van der Waals surface area contributed by atoms with Crippen LogP contribution in [0.4, 0.5) is 4.39 Å². The molecule has 2 N–H and O–H groups in total. The van der Waals surface area contributed by atoms with Gasteiger partial charge in [0.15, 0.2) is 5.65 Å². The summed E-state index contributed by atoms with van der Waals surface area (Å²) in [6.07, 6.45) is 3.41. The molecular formula is C26H27FN4O2. The monoisotopic (exact) mass is 446 g/mol. The molecule has 1 amide bonds. The molecule has 0 spiro atoms. The molecule has 2 aromatic heterocycles. The number of nitrogens with zero attached hydrogens (tertiary/aromatic N) is 2. The standard InChI is InChI=1S/C26H27FN4O2/c1-3-18(19-9-5-4-6-10-19)13-14-28-25(32)22-16-29-31-24(22)30-17(2)21(26(31)33)15-20-11-7-8-12-23(20)27/h4-12,16,18,29H,3,13-15H2,1-2H3,(H,28,32). The first kappa shape index (κ1) is 22.5. The highest BCUT2D eigenvalue weighted by Crippen LogP contribution is 2.22. The van der Waals surface area contributed by atoms with E-state index in [2.05, 4.69) is 34.5 Å². The second-order valence-electron chi connectivity index (χ2n) is 8.16. The zero-order chi connectivity index (χ0) is 23.4. The Morgan fingerprint density at radius 3 is 2.61 bits per heavy atom. The van der Waals surface area contributed by atoms with E-state index >= 15 is 0 Å². The Balaban J connectivity index is 1.51. The van der Waals surface area contributed by atoms with Crippen LogP contribution in [0.5, 0.6) is 0 Å². The molecule has 2 aromatic carbocycles. The van der Waals surface area contributed by atoms with Crippen molar-refractivity contribution in [1.82, 2.24) is 19.9 Å². The average Bonchev–Trinajstić information content (AvgIpc) is 3.25. The molecule has 4 aromatic rings. The summed E-state index contributed by atoms with van der Waals surface area (Å²) in [5, 5.41) is 5.78. The number of carbonyl (C=O) groups is 1. The van der Waals surface area contributed by atoms with E-state index in [-0.39, 0.29) is 29.4 Å². The van der Waals surface area contributed by atoms with E-state index in [1.165, 1.54) is 22.3 Å². The lowest BCUT2D eigenvalue weighted by Gasteiger charge is -2.15. The Bertz CT molecular complexity index is 1330. The van der Waals surface area contributed by atoms with Crippen molar-refractivity contribution in [3.05, 3.63) is 105 Å². The average molecular weight is 447 g/mol. The number of aryl methyl sites for hydroxylation is 1. The van der Waals surface area contributed by atoms with Crippen molar-refractivity contribution in [2.75, 3.05) is 6.54 Å². The van der Waals surface area contributed by atoms with Crippen molar-refractivity contribution in [3.8, 4) is 0 Å². The van der Waals surface area contributed by atoms with Gasteiger partial charge in [0.05, 0.1) is 0 Å². The minimum atomic E-state index is -0.367. The first-order valence-corrected chi connectivity index (χ1v) is 11.2. The Hall–Kier alpha value is -3.74. The van der Waals surface area contributed by atoms with Gasteiger partial charge in [-0.2, -0.15) is 0 Å². The molecule has 0 saturated heterocycles. The fourth-order valence-corrected chi connectivity index (χ4v) is 4.15. The predicted molar refractivity (Wildman–Crippen MR) is 126 cm³/mol. The smallest absolute Gasteiger partial charge is 0.276 e. The molecule has 0 fully saturated rings. The quantitative estimate of drug-likeness (QED) is 0.422. The van der Waals surface area contributed by atoms with Gasteiger partial charge < -0.3 is 5.32 Å². The third kappa shape index (κ3) is 4.72. The zero-order valence-electron chi connectivity index (χ0n) is 18.8. The van der Waals surface area contributed by atoms with Crippen LogP contribution in [0.1, 0.15) is 58.4 Å². The van der Waals surface area contributed by atoms with Crippen LogP contribution in [0.15, 0.2) is 65.6 Å². The lowest BCUT2D eigenvalue weighted by molar-refractivity contribution is 0.0954. The maximum absolute atomic E-state index is 14.1. The van der Waals surface area contributed by atoms with Gasteiger partial charge in [0.25, 0.3) is 11.5 Å². The SMILES string of the molecule is CCC(CCNC(=O)c1c[nH]n2c(=O)c(Cc3ccccc3F)c(C)nc12)c1ccccc1. The maximum Gasteiger partial charge on any atom is 0.276 e. The molecule has 4 rings (SSSR count). The number of carbonyl (C=O) groups excluding carboxylic acids is 1. The molecule has 7 heteroatoms. The van der Waals surface area contributed by atoms with Crippen LogP contribution < -0.4 is 10.9 Å². The number of halogens is 1. The van der Waals surface area contributed by atoms with E-state index in [9.17, 15) is 14.0 Å². The van der Waals surface area contributed by atoms with E-state index < -0.39 is 0 Å². The van der Waals surface area contributed by atoms with E-state index in [0.29, 0.717) is 34.8 Å². The van der Waals surface area contributed by atoms with Crippen LogP contribution in [-0.2, 0) is 6.42 Å². The number of aromatic nitrogens is 3. The van der Waals surface area contributed by atoms with Crippen molar-refractivity contribution in [2.45, 2.75) is 39.0 Å². The van der Waals surface area contributed by atoms with Gasteiger partial charge in [0.1, 0.15) is 11.4 Å². The van der Waals surface area contributed by atoms with Gasteiger partial charge in [0, 0.05) is 30.4 Å². The summed E-state index contributed by atoms with van der Waals surface area (Å²) < 4.78 is 15.3. The Kier molecular flexibility index (Phi) is 6.68. The minimum absolute atomic E-state index is 0.131. The molecule has 0 aliphatic rings. The number of aromatic amines is 1. The van der Waals surface area contributed by atoms with E-state index in [1.807, 2.05) is 18.2 Å². The molecule has 170 valence electrons. The highest BCUT2D eigenvalue weighted by atomic mass is 19.1. The molecule has 0 saturated carbocycles. The van der Waals surface area contributed by atoms with Crippen molar-refractivity contribution < 1.29 is 9.18 Å². The Labute approximate surface area is 191 Å². The number of amides is 1. The van der Waals surface area contributed by atoms with Crippen molar-refractivity contribution in [1.29, 1.82) is 0 Å². The Morgan fingerprint density at radius 2 is 1.88 bits per heavy atom. The van der Waals surface area contributed by atoms with Crippen LogP contribution in [0.2, 0.25) is 0 Å². The van der Waals surface area contributed by atoms with E-state index in [1.54, 1.807) is 25.1 Å². The highest BCUT2D eigenvalue weighted by molar-refractivity contribution is 5.99. The predicted octanol–water partition coefficient (Wildman–Crippen LogP) is 4.37. The molecular weight excluding hydrogens is 419 g/mol. The van der Waals surface area contributed by atoms with Crippen molar-refractivity contribution in [2.24, 2.45) is 0 Å². The molecule has 0 bridgehead atoms. The summed E-state index contributed by atoms with van der Waals surface area (Å²) in [6.45, 7) is 4.35. The van der Waals surface area contributed by atoms with Crippen molar-refractivity contribution in [3.63, 3.8) is 0 Å². The molecule has 33 heavy (non-hydrogen) atoms. The molecule has 0 aliphatic heterocycles. The fraction of sp³-hybridized carbons (Fsp3) is 0.269. The first-order valence-electron chi connectivity index (χ1n) is 11.2. The molecule has 0 radical (unpaired) electrons. The van der Waals surface area contributed by atoms with Crippen LogP contribution in [0.3, 0.4) is 0 Å². The third-order valence-electron chi connectivity index (χ3n) is 6.07. The summed E-state index contributed by atoms with van der Waals surface area (Å²) in [4.78, 5) is 30.4. The third-order valence-corrected chi connectivity index (χ3v) is 6.07. The van der Waals surface area contributed by atoms with Gasteiger partial charge >= 0.3 is 0 Å². The molecule has 6 nitrogen and oxygen atoms in total. The lowest BCUT2D eigenvalue weighted by atomic mass is 9.93. The molecule has 1 atom stereocenters. The second-order valence-corrected chi connectivity index (χ2v) is 8.16. The highest BCUT2D eigenvalue weighted by Gasteiger charge is 2.19. The number of hydrogen-bond donors (Lipinski definition) is 2. The van der Waals surface area contributed by atoms with E-state index in [4.69, 9.17) is 0 Å². The fourth-order valence-electron chi connectivity index (χ4n) is 4.15. The van der Waals surface area contributed by atoms with Crippen LogP contribution in [-0.4, -0.2) is 27.0 Å². The van der Waals surface area contributed by atoms with Crippen LogP contribution in [0.25, 0.3) is 5.65 Å². The number of nitrogens with one attached hydrogen (secondary N) is 2. The minimum Gasteiger partial charge on any atom is -0.352 e. The van der Waals surface area contributed by atoms with Gasteiger partial charge in [-0.15, -0.1) is 0 Å². The summed E-state index contributed by atoms with van der Waals surface area (Å²) in [5.74, 6) is -0.294. The number of H-pyrrole nitrogens is 1. The van der Waals surface area contributed by atoms with Gasteiger partial charge in [-0.05, 0) is 42.9 Å². The molecule has 2 heterocycles. The summed E-state index contributed by atoms with van der Waals surface area (Å²) >= 11 is 0. The molecule has 1 unspecified atom stereocenters. The second kappa shape index (κ2) is 9.81. The van der Waals surface area contributed by atoms with Gasteiger partial charge in [-0.1, -0.05) is 55.5 Å². The molecule has 0 aliphatic carbocycles. The normalized spacial score (nSPS) is 12.1. The Morgan fingerprint density at radius 1 is 1.15 bits per heavy atom. The summed E-state index contributed by atoms with van der Waals surface area (Å²) in [5.41, 5.74) is 2.78. The number of benzene rings is 2. The largest absolute Gasteiger partial charge is 0.352 e. The van der Waals surface area contributed by atoms with Crippen LogP contribution >= 0.6 is 0 Å². The van der Waals surface area contributed by atoms with Gasteiger partial charge in [-0.3, -0.25) is 14.7 Å². The topological polar surface area (TPSA) is 79.3 Å². The van der Waals surface area contributed by atoms with Gasteiger partial charge in [-0.25, -0.2) is 13.9 Å². The van der Waals surface area contributed by atoms with Crippen LogP contribution in [0, 0.1) is 12.7 Å². The number of hydrogen-bond acceptors (Lipinski definition) is 3. The lowest BCUT2D eigenvalue weighted by Crippen LogP contribution is -2.27. The first-order chi connectivity index (χ1) is 16.0. The maximum atomic E-state index is 14.1. The summed E-state index contributed by atoms with van der Waals surface area (Å²) in [7, 11) is 0. The summed E-state index contributed by atoms with van der Waals surface area (Å²) in [6, 6.07) is 16.6. The van der Waals surface area contributed by atoms with E-state index in [0.717, 1.165) is 12.8 Å². The van der Waals surface area contributed by atoms with Crippen molar-refractivity contribution >= 4 is 11.6 Å². The van der Waals surface area contributed by atoms with Gasteiger partial charge in [0.2, 0.25) is 0 Å². The number of fused-ring (bicyclic) bond motifs is 1. The number of rotatable bonds is 8.